The molecule has 2 N–H and O–H groups in total. The molecule has 21 heavy (non-hydrogen) atoms. The first kappa shape index (κ1) is 17.2. The van der Waals surface area contributed by atoms with Crippen molar-refractivity contribution < 1.29 is 14.7 Å². The summed E-state index contributed by atoms with van der Waals surface area (Å²) in [6.07, 6.45) is 3.45. The summed E-state index contributed by atoms with van der Waals surface area (Å²) in [6.45, 7) is 2.11. The standard InChI is InChI=1S/C14H19ClN2O4/c1-2-3-4-11(14(20)21)16-12(18)7-8-17-9-10(15)5-6-13(17)19/h5-6,9,11H,2-4,7-8H2,1H3,(H,16,18)(H,20,21). The van der Waals surface area contributed by atoms with E-state index < -0.39 is 17.9 Å². The number of pyridine rings is 1. The Morgan fingerprint density at radius 2 is 2.14 bits per heavy atom. The maximum absolute atomic E-state index is 11.8. The number of nitrogens with zero attached hydrogens (tertiary/aromatic N) is 1. The molecule has 1 amide bonds. The number of unbranched alkanes of at least 4 members (excludes halogenated alkanes) is 1. The fourth-order valence-electron chi connectivity index (χ4n) is 1.83. The molecule has 1 unspecified atom stereocenters. The van der Waals surface area contributed by atoms with E-state index in [1.165, 1.54) is 22.9 Å². The third-order valence-corrected chi connectivity index (χ3v) is 3.23. The molecule has 116 valence electrons. The SMILES string of the molecule is CCCCC(NC(=O)CCn1cc(Cl)ccc1=O)C(=O)O. The zero-order valence-corrected chi connectivity index (χ0v) is 12.6. The average Bonchev–Trinajstić information content (AvgIpc) is 2.44. The Balaban J connectivity index is 2.54. The zero-order valence-electron chi connectivity index (χ0n) is 11.8. The number of amides is 1. The van der Waals surface area contributed by atoms with Crippen molar-refractivity contribution in [2.75, 3.05) is 0 Å². The molecule has 0 aliphatic carbocycles. The fraction of sp³-hybridized carbons (Fsp3) is 0.500. The molecule has 6 nitrogen and oxygen atoms in total. The molecule has 0 fully saturated rings. The zero-order chi connectivity index (χ0) is 15.8. The third-order valence-electron chi connectivity index (χ3n) is 3.01. The van der Waals surface area contributed by atoms with Crippen LogP contribution in [-0.4, -0.2) is 27.6 Å². The van der Waals surface area contributed by atoms with Gasteiger partial charge in [0.1, 0.15) is 6.04 Å². The van der Waals surface area contributed by atoms with E-state index in [0.29, 0.717) is 11.4 Å². The van der Waals surface area contributed by atoms with Gasteiger partial charge in [0.05, 0.1) is 5.02 Å². The molecule has 0 saturated carbocycles. The van der Waals surface area contributed by atoms with Crippen LogP contribution in [0.15, 0.2) is 23.1 Å². The average molecular weight is 315 g/mol. The predicted octanol–water partition coefficient (Wildman–Crippen LogP) is 1.65. The first-order valence-electron chi connectivity index (χ1n) is 6.82. The lowest BCUT2D eigenvalue weighted by Crippen LogP contribution is -2.41. The van der Waals surface area contributed by atoms with Crippen molar-refractivity contribution in [1.82, 2.24) is 9.88 Å². The molecule has 0 saturated heterocycles. The maximum Gasteiger partial charge on any atom is 0.326 e. The van der Waals surface area contributed by atoms with Gasteiger partial charge in [0.2, 0.25) is 5.91 Å². The molecule has 1 aromatic rings. The Morgan fingerprint density at radius 3 is 2.76 bits per heavy atom. The van der Waals surface area contributed by atoms with Crippen LogP contribution < -0.4 is 10.9 Å². The second kappa shape index (κ2) is 8.46. The Bertz CT molecular complexity index is 556. The third kappa shape index (κ3) is 5.99. The number of aryl methyl sites for hydroxylation is 1. The molecule has 1 rings (SSSR count). The number of aliphatic carboxylic acids is 1. The molecular formula is C14H19ClN2O4. The van der Waals surface area contributed by atoms with Crippen molar-refractivity contribution in [1.29, 1.82) is 0 Å². The number of halogens is 1. The Hall–Kier alpha value is -1.82. The van der Waals surface area contributed by atoms with Gasteiger partial charge in [-0.1, -0.05) is 31.4 Å². The summed E-state index contributed by atoms with van der Waals surface area (Å²) in [4.78, 5) is 34.3. The smallest absolute Gasteiger partial charge is 0.326 e. The minimum Gasteiger partial charge on any atom is -0.480 e. The molecule has 0 aliphatic heterocycles. The van der Waals surface area contributed by atoms with Crippen LogP contribution in [0.5, 0.6) is 0 Å². The lowest BCUT2D eigenvalue weighted by molar-refractivity contribution is -0.142. The largest absolute Gasteiger partial charge is 0.480 e. The molecule has 0 aromatic carbocycles. The quantitative estimate of drug-likeness (QED) is 0.763. The first-order valence-corrected chi connectivity index (χ1v) is 7.20. The van der Waals surface area contributed by atoms with E-state index in [2.05, 4.69) is 5.32 Å². The highest BCUT2D eigenvalue weighted by Crippen LogP contribution is 2.04. The molecule has 0 spiro atoms. The monoisotopic (exact) mass is 314 g/mol. The number of hydrogen-bond donors (Lipinski definition) is 2. The van der Waals surface area contributed by atoms with Crippen molar-refractivity contribution in [3.63, 3.8) is 0 Å². The summed E-state index contributed by atoms with van der Waals surface area (Å²) >= 11 is 5.78. The van der Waals surface area contributed by atoms with Gasteiger partial charge in [0, 0.05) is 25.2 Å². The number of nitrogens with one attached hydrogen (secondary N) is 1. The second-order valence-electron chi connectivity index (χ2n) is 4.73. The Morgan fingerprint density at radius 1 is 1.43 bits per heavy atom. The predicted molar refractivity (Wildman–Crippen MR) is 79.4 cm³/mol. The summed E-state index contributed by atoms with van der Waals surface area (Å²) in [5.74, 6) is -1.44. The number of hydrogen-bond acceptors (Lipinski definition) is 3. The van der Waals surface area contributed by atoms with E-state index in [1.54, 1.807) is 0 Å². The minimum absolute atomic E-state index is 0.0240. The van der Waals surface area contributed by atoms with Crippen LogP contribution in [0.1, 0.15) is 32.6 Å². The normalized spacial score (nSPS) is 11.9. The van der Waals surface area contributed by atoms with Gasteiger partial charge in [-0.25, -0.2) is 4.79 Å². The summed E-state index contributed by atoms with van der Waals surface area (Å²) < 4.78 is 1.32. The number of carbonyl (C=O) groups excluding carboxylic acids is 1. The molecule has 1 atom stereocenters. The molecule has 0 bridgehead atoms. The van der Waals surface area contributed by atoms with E-state index in [1.807, 2.05) is 6.92 Å². The summed E-state index contributed by atoms with van der Waals surface area (Å²) in [6, 6.07) is 1.92. The highest BCUT2D eigenvalue weighted by molar-refractivity contribution is 6.30. The van der Waals surface area contributed by atoms with Crippen molar-refractivity contribution in [2.45, 2.75) is 45.2 Å². The fourth-order valence-corrected chi connectivity index (χ4v) is 2.01. The van der Waals surface area contributed by atoms with Gasteiger partial charge in [-0.3, -0.25) is 9.59 Å². The van der Waals surface area contributed by atoms with Gasteiger partial charge >= 0.3 is 5.97 Å². The Labute approximate surface area is 127 Å². The van der Waals surface area contributed by atoms with Crippen molar-refractivity contribution >= 4 is 23.5 Å². The maximum atomic E-state index is 11.8. The number of carbonyl (C=O) groups is 2. The van der Waals surface area contributed by atoms with Crippen LogP contribution in [-0.2, 0) is 16.1 Å². The molecular weight excluding hydrogens is 296 g/mol. The van der Waals surface area contributed by atoms with Gasteiger partial charge in [0.25, 0.3) is 5.56 Å². The summed E-state index contributed by atoms with van der Waals surface area (Å²) in [7, 11) is 0. The van der Waals surface area contributed by atoms with Crippen LogP contribution >= 0.6 is 11.6 Å². The minimum atomic E-state index is -1.04. The summed E-state index contributed by atoms with van der Waals surface area (Å²) in [5, 5.41) is 11.9. The van der Waals surface area contributed by atoms with E-state index in [-0.39, 0.29) is 18.5 Å². The van der Waals surface area contributed by atoms with Crippen LogP contribution in [0.3, 0.4) is 0 Å². The Kier molecular flexibility index (Phi) is 6.94. The second-order valence-corrected chi connectivity index (χ2v) is 5.17. The molecule has 0 aliphatic rings. The highest BCUT2D eigenvalue weighted by Gasteiger charge is 2.18. The van der Waals surface area contributed by atoms with Gasteiger partial charge in [0.15, 0.2) is 0 Å². The molecule has 1 aromatic heterocycles. The van der Waals surface area contributed by atoms with Crippen LogP contribution in [0, 0.1) is 0 Å². The topological polar surface area (TPSA) is 88.4 Å². The number of aromatic nitrogens is 1. The number of rotatable bonds is 8. The lowest BCUT2D eigenvalue weighted by atomic mass is 10.1. The van der Waals surface area contributed by atoms with Gasteiger partial charge in [-0.2, -0.15) is 0 Å². The number of carboxylic acids is 1. The molecule has 7 heteroatoms. The van der Waals surface area contributed by atoms with E-state index in [4.69, 9.17) is 16.7 Å². The van der Waals surface area contributed by atoms with E-state index >= 15 is 0 Å². The van der Waals surface area contributed by atoms with Crippen molar-refractivity contribution in [3.05, 3.63) is 33.7 Å². The molecule has 1 heterocycles. The van der Waals surface area contributed by atoms with Crippen LogP contribution in [0.2, 0.25) is 5.02 Å². The summed E-state index contributed by atoms with van der Waals surface area (Å²) in [5.41, 5.74) is -0.257. The highest BCUT2D eigenvalue weighted by atomic mass is 35.5. The lowest BCUT2D eigenvalue weighted by Gasteiger charge is -2.14. The van der Waals surface area contributed by atoms with Crippen LogP contribution in [0.25, 0.3) is 0 Å². The molecule has 0 radical (unpaired) electrons. The van der Waals surface area contributed by atoms with Crippen molar-refractivity contribution in [3.8, 4) is 0 Å². The van der Waals surface area contributed by atoms with Gasteiger partial charge < -0.3 is 15.0 Å². The van der Waals surface area contributed by atoms with Crippen LogP contribution in [0.4, 0.5) is 0 Å². The van der Waals surface area contributed by atoms with Gasteiger partial charge in [-0.15, -0.1) is 0 Å². The van der Waals surface area contributed by atoms with E-state index in [0.717, 1.165) is 12.8 Å². The van der Waals surface area contributed by atoms with E-state index in [9.17, 15) is 14.4 Å². The first-order chi connectivity index (χ1) is 9.93. The van der Waals surface area contributed by atoms with Crippen molar-refractivity contribution in [2.24, 2.45) is 0 Å². The van der Waals surface area contributed by atoms with Gasteiger partial charge in [-0.05, 0) is 12.5 Å². The number of carboxylic acid groups (broad SMARTS) is 1.